The van der Waals surface area contributed by atoms with Gasteiger partial charge in [-0.2, -0.15) is 0 Å². The van der Waals surface area contributed by atoms with Crippen molar-refractivity contribution in [1.82, 2.24) is 0 Å². The van der Waals surface area contributed by atoms with E-state index in [1.807, 2.05) is 0 Å². The predicted octanol–water partition coefficient (Wildman–Crippen LogP) is 1.43. The number of aromatic carboxylic acids is 1. The van der Waals surface area contributed by atoms with Gasteiger partial charge in [0, 0.05) is 12.6 Å². The molecule has 0 saturated heterocycles. The van der Waals surface area contributed by atoms with Crippen molar-refractivity contribution in [3.8, 4) is 5.75 Å². The molecular formula is C18H19N2O6S-. The van der Waals surface area contributed by atoms with Crippen molar-refractivity contribution in [2.24, 2.45) is 0 Å². The minimum atomic E-state index is -4.13. The Kier molecular flexibility index (Phi) is 5.75. The Hall–Kier alpha value is -3.07. The smallest absolute Gasteiger partial charge is 0.262 e. The first-order valence-electron chi connectivity index (χ1n) is 7.86. The number of methoxy groups -OCH3 is 1. The Balaban J connectivity index is 2.53. The van der Waals surface area contributed by atoms with Crippen LogP contribution in [0.4, 0.5) is 11.4 Å². The van der Waals surface area contributed by atoms with Crippen LogP contribution in [0.2, 0.25) is 0 Å². The van der Waals surface area contributed by atoms with Crippen LogP contribution in [-0.2, 0) is 14.8 Å². The molecule has 144 valence electrons. The number of rotatable bonds is 6. The standard InChI is InChI=1S/C18H20N2O6S/c1-10-7-13(18(22)23)8-17(11(10)2)27(24,25)20-15-9-14(19-12(3)21)5-6-16(15)26-4/h5-9,20H,1-4H3,(H,19,21)(H,22,23)/p-1. The van der Waals surface area contributed by atoms with Crippen molar-refractivity contribution >= 4 is 33.3 Å². The molecule has 0 aromatic heterocycles. The molecule has 2 aromatic carbocycles. The van der Waals surface area contributed by atoms with E-state index in [1.54, 1.807) is 19.9 Å². The number of anilines is 2. The summed E-state index contributed by atoms with van der Waals surface area (Å²) < 4.78 is 33.3. The van der Waals surface area contributed by atoms with Crippen LogP contribution in [0, 0.1) is 13.8 Å². The van der Waals surface area contributed by atoms with E-state index < -0.39 is 16.0 Å². The summed E-state index contributed by atoms with van der Waals surface area (Å²) in [6, 6.07) is 6.86. The van der Waals surface area contributed by atoms with Gasteiger partial charge >= 0.3 is 0 Å². The molecule has 0 aliphatic heterocycles. The third kappa shape index (κ3) is 4.56. The lowest BCUT2D eigenvalue weighted by atomic mass is 10.1. The number of carboxylic acids is 1. The fourth-order valence-electron chi connectivity index (χ4n) is 2.49. The molecule has 8 nitrogen and oxygen atoms in total. The molecule has 0 heterocycles. The van der Waals surface area contributed by atoms with Crippen molar-refractivity contribution in [1.29, 1.82) is 0 Å². The number of carbonyl (C=O) groups is 2. The van der Waals surface area contributed by atoms with Gasteiger partial charge in [0.05, 0.1) is 23.7 Å². The first-order chi connectivity index (χ1) is 12.5. The second kappa shape index (κ2) is 7.67. The Labute approximate surface area is 157 Å². The molecular weight excluding hydrogens is 372 g/mol. The third-order valence-electron chi connectivity index (χ3n) is 3.91. The first-order valence-corrected chi connectivity index (χ1v) is 9.34. The molecule has 0 fully saturated rings. The maximum Gasteiger partial charge on any atom is 0.262 e. The van der Waals surface area contributed by atoms with Gasteiger partial charge in [0.15, 0.2) is 0 Å². The summed E-state index contributed by atoms with van der Waals surface area (Å²) in [6.45, 7) is 4.51. The highest BCUT2D eigenvalue weighted by Gasteiger charge is 2.21. The number of hydrogen-bond donors (Lipinski definition) is 2. The van der Waals surface area contributed by atoms with Crippen LogP contribution in [0.25, 0.3) is 0 Å². The Morgan fingerprint density at radius 1 is 1.11 bits per heavy atom. The summed E-state index contributed by atoms with van der Waals surface area (Å²) in [5.41, 5.74) is 1.13. The minimum Gasteiger partial charge on any atom is -0.545 e. The number of ether oxygens (including phenoxy) is 1. The normalized spacial score (nSPS) is 11.0. The van der Waals surface area contributed by atoms with E-state index in [0.29, 0.717) is 16.8 Å². The van der Waals surface area contributed by atoms with E-state index >= 15 is 0 Å². The zero-order valence-electron chi connectivity index (χ0n) is 15.2. The number of carboxylic acid groups (broad SMARTS) is 1. The van der Waals surface area contributed by atoms with Gasteiger partial charge in [0.1, 0.15) is 5.75 Å². The summed E-state index contributed by atoms with van der Waals surface area (Å²) in [6.07, 6.45) is 0. The van der Waals surface area contributed by atoms with Crippen LogP contribution in [-0.4, -0.2) is 27.4 Å². The molecule has 2 rings (SSSR count). The average Bonchev–Trinajstić information content (AvgIpc) is 2.56. The Morgan fingerprint density at radius 3 is 2.33 bits per heavy atom. The molecule has 1 amide bonds. The van der Waals surface area contributed by atoms with Crippen molar-refractivity contribution in [2.45, 2.75) is 25.7 Å². The molecule has 27 heavy (non-hydrogen) atoms. The highest BCUT2D eigenvalue weighted by atomic mass is 32.2. The monoisotopic (exact) mass is 391 g/mol. The van der Waals surface area contributed by atoms with E-state index in [-0.39, 0.29) is 27.8 Å². The SMILES string of the molecule is COc1ccc(NC(C)=O)cc1NS(=O)(=O)c1cc(C(=O)[O-])cc(C)c1C. The molecule has 2 aromatic rings. The number of sulfonamides is 1. The van der Waals surface area contributed by atoms with Crippen molar-refractivity contribution < 1.29 is 27.9 Å². The molecule has 0 atom stereocenters. The van der Waals surface area contributed by atoms with E-state index in [2.05, 4.69) is 10.0 Å². The Morgan fingerprint density at radius 2 is 1.78 bits per heavy atom. The molecule has 0 bridgehead atoms. The van der Waals surface area contributed by atoms with E-state index in [1.165, 1.54) is 32.2 Å². The maximum atomic E-state index is 12.9. The topological polar surface area (TPSA) is 125 Å². The number of amides is 1. The van der Waals surface area contributed by atoms with E-state index in [0.717, 1.165) is 6.07 Å². The van der Waals surface area contributed by atoms with Crippen LogP contribution in [0.15, 0.2) is 35.2 Å². The molecule has 0 aliphatic carbocycles. The second-order valence-electron chi connectivity index (χ2n) is 5.91. The first kappa shape index (κ1) is 20.2. The van der Waals surface area contributed by atoms with Crippen LogP contribution >= 0.6 is 0 Å². The van der Waals surface area contributed by atoms with Gasteiger partial charge in [-0.05, 0) is 60.9 Å². The molecule has 0 saturated carbocycles. The summed E-state index contributed by atoms with van der Waals surface area (Å²) in [5, 5.41) is 13.7. The highest BCUT2D eigenvalue weighted by molar-refractivity contribution is 7.92. The fraction of sp³-hybridized carbons (Fsp3) is 0.222. The lowest BCUT2D eigenvalue weighted by Crippen LogP contribution is -2.24. The van der Waals surface area contributed by atoms with Gasteiger partial charge in [0.25, 0.3) is 10.0 Å². The van der Waals surface area contributed by atoms with E-state index in [9.17, 15) is 23.1 Å². The quantitative estimate of drug-likeness (QED) is 0.768. The third-order valence-corrected chi connectivity index (χ3v) is 5.40. The second-order valence-corrected chi connectivity index (χ2v) is 7.56. The zero-order chi connectivity index (χ0) is 20.4. The molecule has 9 heteroatoms. The van der Waals surface area contributed by atoms with Crippen LogP contribution < -0.4 is 19.9 Å². The van der Waals surface area contributed by atoms with Crippen molar-refractivity contribution in [3.63, 3.8) is 0 Å². The minimum absolute atomic E-state index is 0.0969. The molecule has 0 unspecified atom stereocenters. The summed E-state index contributed by atoms with van der Waals surface area (Å²) in [5.74, 6) is -1.56. The van der Waals surface area contributed by atoms with Gasteiger partial charge < -0.3 is 20.0 Å². The van der Waals surface area contributed by atoms with Gasteiger partial charge in [0.2, 0.25) is 5.91 Å². The molecule has 0 radical (unpaired) electrons. The largest absolute Gasteiger partial charge is 0.545 e. The van der Waals surface area contributed by atoms with Gasteiger partial charge in [-0.3, -0.25) is 9.52 Å². The van der Waals surface area contributed by atoms with Crippen LogP contribution in [0.5, 0.6) is 5.75 Å². The number of carbonyl (C=O) groups excluding carboxylic acids is 2. The zero-order valence-corrected chi connectivity index (χ0v) is 16.1. The van der Waals surface area contributed by atoms with Gasteiger partial charge in [-0.1, -0.05) is 0 Å². The van der Waals surface area contributed by atoms with Crippen LogP contribution in [0.1, 0.15) is 28.4 Å². The lowest BCUT2D eigenvalue weighted by Gasteiger charge is -2.17. The number of benzene rings is 2. The predicted molar refractivity (Wildman–Crippen MR) is 98.4 cm³/mol. The average molecular weight is 391 g/mol. The Bertz CT molecular complexity index is 1010. The van der Waals surface area contributed by atoms with Crippen molar-refractivity contribution in [3.05, 3.63) is 47.0 Å². The number of hydrogen-bond acceptors (Lipinski definition) is 6. The number of nitrogens with one attached hydrogen (secondary N) is 2. The maximum absolute atomic E-state index is 12.9. The van der Waals surface area contributed by atoms with Gasteiger partial charge in [-0.25, -0.2) is 8.42 Å². The fourth-order valence-corrected chi connectivity index (χ4v) is 3.90. The highest BCUT2D eigenvalue weighted by Crippen LogP contribution is 2.31. The summed E-state index contributed by atoms with van der Waals surface area (Å²) in [7, 11) is -2.76. The summed E-state index contributed by atoms with van der Waals surface area (Å²) >= 11 is 0. The van der Waals surface area contributed by atoms with Crippen molar-refractivity contribution in [2.75, 3.05) is 17.1 Å². The van der Waals surface area contributed by atoms with E-state index in [4.69, 9.17) is 4.74 Å². The van der Waals surface area contributed by atoms with Gasteiger partial charge in [-0.15, -0.1) is 0 Å². The number of aryl methyl sites for hydroxylation is 1. The molecule has 0 spiro atoms. The molecule has 0 aliphatic rings. The van der Waals surface area contributed by atoms with Crippen LogP contribution in [0.3, 0.4) is 0 Å². The molecule has 2 N–H and O–H groups in total. The summed E-state index contributed by atoms with van der Waals surface area (Å²) in [4.78, 5) is 22.2. The lowest BCUT2D eigenvalue weighted by molar-refractivity contribution is -0.255.